The molecule has 0 saturated carbocycles. The van der Waals surface area contributed by atoms with Crippen LogP contribution in [0, 0.1) is 23.0 Å². The van der Waals surface area contributed by atoms with Crippen LogP contribution in [0.15, 0.2) is 106 Å². The molecule has 0 unspecified atom stereocenters. The Balaban J connectivity index is 0.000000576. The number of allylic oxidation sites excluding steroid dienone is 10. The molecule has 0 atom stereocenters. The van der Waals surface area contributed by atoms with E-state index in [4.69, 9.17) is 4.43 Å². The first-order chi connectivity index (χ1) is 19.6. The summed E-state index contributed by atoms with van der Waals surface area (Å²) >= 11 is 0. The van der Waals surface area contributed by atoms with E-state index in [1.54, 1.807) is 0 Å². The summed E-state index contributed by atoms with van der Waals surface area (Å²) in [6.07, 6.45) is 15.6. The predicted octanol–water partition coefficient (Wildman–Crippen LogP) is 11.2. The molecular weight excluding hydrogens is 616 g/mol. The van der Waals surface area contributed by atoms with E-state index in [0.29, 0.717) is 6.10 Å². The second kappa shape index (κ2) is 20.1. The van der Waals surface area contributed by atoms with Crippen LogP contribution in [0.1, 0.15) is 94.2 Å². The summed E-state index contributed by atoms with van der Waals surface area (Å²) in [5, 5.41) is 0. The van der Waals surface area contributed by atoms with E-state index in [2.05, 4.69) is 150 Å². The quantitative estimate of drug-likeness (QED) is 0.175. The average molecular weight is 672 g/mol. The van der Waals surface area contributed by atoms with Gasteiger partial charge in [0.05, 0.1) is 0 Å². The van der Waals surface area contributed by atoms with Crippen molar-refractivity contribution in [2.45, 2.75) is 95.7 Å². The summed E-state index contributed by atoms with van der Waals surface area (Å²) in [7, 11) is -0.133. The number of hydrogen-bond acceptors (Lipinski definition) is 1. The fourth-order valence-electron chi connectivity index (χ4n) is 4.61. The van der Waals surface area contributed by atoms with Crippen molar-refractivity contribution in [2.75, 3.05) is 0 Å². The smallest absolute Gasteiger partial charge is 0.422 e. The third-order valence-corrected chi connectivity index (χ3v) is 8.91. The van der Waals surface area contributed by atoms with Crippen LogP contribution in [0.3, 0.4) is 0 Å². The Morgan fingerprint density at radius 1 is 0.628 bits per heavy atom. The molecule has 1 nitrogen and oxygen atoms in total. The third-order valence-electron chi connectivity index (χ3n) is 7.91. The molecule has 43 heavy (non-hydrogen) atoms. The van der Waals surface area contributed by atoms with Gasteiger partial charge in [-0.05, 0) is 25.0 Å². The van der Waals surface area contributed by atoms with Crippen molar-refractivity contribution < 1.29 is 30.6 Å². The first kappa shape index (κ1) is 40.9. The first-order valence-electron chi connectivity index (χ1n) is 15.3. The van der Waals surface area contributed by atoms with Gasteiger partial charge in [-0.3, -0.25) is 12.2 Å². The Bertz CT molecular complexity index is 1190. The van der Waals surface area contributed by atoms with Gasteiger partial charge in [0.15, 0.2) is 9.76 Å². The van der Waals surface area contributed by atoms with Gasteiger partial charge in [0.2, 0.25) is 0 Å². The van der Waals surface area contributed by atoms with Crippen molar-refractivity contribution in [3.63, 3.8) is 0 Å². The molecule has 0 radical (unpaired) electrons. The zero-order valence-electron chi connectivity index (χ0n) is 29.3. The van der Waals surface area contributed by atoms with Gasteiger partial charge in [0.25, 0.3) is 0 Å². The Hall–Kier alpha value is -2.06. The van der Waals surface area contributed by atoms with Crippen LogP contribution in [0.2, 0.25) is 6.55 Å². The first-order valence-corrected chi connectivity index (χ1v) is 17.3. The van der Waals surface area contributed by atoms with Crippen molar-refractivity contribution in [2.24, 2.45) is 10.8 Å². The second-order valence-corrected chi connectivity index (χ2v) is 13.2. The summed E-state index contributed by atoms with van der Waals surface area (Å²) in [5.74, 6) is 0. The van der Waals surface area contributed by atoms with E-state index in [1.807, 2.05) is 36.4 Å². The van der Waals surface area contributed by atoms with Crippen molar-refractivity contribution >= 4 is 21.9 Å². The van der Waals surface area contributed by atoms with Gasteiger partial charge in [-0.15, -0.1) is 13.8 Å². The predicted molar refractivity (Wildman–Crippen MR) is 191 cm³/mol. The van der Waals surface area contributed by atoms with E-state index >= 15 is 0 Å². The summed E-state index contributed by atoms with van der Waals surface area (Å²) in [6.45, 7) is 28.1. The molecule has 4 rings (SSSR count). The largest absolute Gasteiger partial charge is 2.00 e. The van der Waals surface area contributed by atoms with Gasteiger partial charge in [-0.1, -0.05) is 158 Å². The van der Waals surface area contributed by atoms with E-state index in [1.165, 1.54) is 44.6 Å². The molecule has 3 heteroatoms. The van der Waals surface area contributed by atoms with Crippen LogP contribution >= 0.6 is 0 Å². The minimum absolute atomic E-state index is 0. The Morgan fingerprint density at radius 2 is 0.953 bits per heavy atom. The normalized spacial score (nSPS) is 16.8. The third kappa shape index (κ3) is 15.0. The average Bonchev–Trinajstić information content (AvgIpc) is 3.24. The Morgan fingerprint density at radius 3 is 1.12 bits per heavy atom. The van der Waals surface area contributed by atoms with Crippen LogP contribution in [0.5, 0.6) is 0 Å². The molecule has 0 amide bonds. The maximum absolute atomic E-state index is 5.18. The van der Waals surface area contributed by atoms with Crippen molar-refractivity contribution in [3.8, 4) is 0 Å². The van der Waals surface area contributed by atoms with Gasteiger partial charge in [-0.25, -0.2) is 11.1 Å². The maximum Gasteiger partial charge on any atom is 2.00 e. The molecule has 0 aliphatic heterocycles. The summed E-state index contributed by atoms with van der Waals surface area (Å²) < 4.78 is 5.18. The van der Waals surface area contributed by atoms with Crippen LogP contribution in [0.4, 0.5) is 0 Å². The van der Waals surface area contributed by atoms with Crippen LogP contribution in [0.25, 0.3) is 12.2 Å². The fraction of sp³-hybridized carbons (Fsp3) is 0.400. The van der Waals surface area contributed by atoms with Crippen molar-refractivity contribution in [1.29, 1.82) is 0 Å². The second-order valence-electron chi connectivity index (χ2n) is 12.3. The molecule has 0 bridgehead atoms. The monoisotopic (exact) mass is 670 g/mol. The number of rotatable bonds is 5. The van der Waals surface area contributed by atoms with Crippen LogP contribution < -0.4 is 0 Å². The molecule has 0 aromatic heterocycles. The molecule has 0 N–H and O–H groups in total. The van der Waals surface area contributed by atoms with Gasteiger partial charge in [0, 0.05) is 6.10 Å². The SMILES string of the molecule is C(C=Cc1ccccc1)=Cc1ccccc1.CC1=[C-]C(C)(C)C(C)=C1C.CC1=[C-]C(C)(C)C(C)=C1C.C[SiH2]OC(C)C.[Zr+2]. The van der Waals surface area contributed by atoms with E-state index in [0.717, 1.165) is 0 Å². The van der Waals surface area contributed by atoms with Crippen molar-refractivity contribution in [3.05, 3.63) is 130 Å². The summed E-state index contributed by atoms with van der Waals surface area (Å²) in [6, 6.07) is 20.6. The van der Waals surface area contributed by atoms with Crippen LogP contribution in [-0.2, 0) is 30.6 Å². The Labute approximate surface area is 287 Å². The Kier molecular flexibility index (Phi) is 19.1. The molecule has 0 fully saturated rings. The number of benzene rings is 2. The minimum Gasteiger partial charge on any atom is -0.422 e. The number of hydrogen-bond donors (Lipinski definition) is 0. The van der Waals surface area contributed by atoms with Crippen LogP contribution in [-0.4, -0.2) is 15.9 Å². The van der Waals surface area contributed by atoms with E-state index in [-0.39, 0.29) is 46.8 Å². The van der Waals surface area contributed by atoms with Gasteiger partial charge in [0.1, 0.15) is 0 Å². The molecular formula is C40H56OSiZr. The topological polar surface area (TPSA) is 9.23 Å². The summed E-state index contributed by atoms with van der Waals surface area (Å²) in [4.78, 5) is 0. The summed E-state index contributed by atoms with van der Waals surface area (Å²) in [5.41, 5.74) is 11.2. The van der Waals surface area contributed by atoms with E-state index < -0.39 is 0 Å². The maximum atomic E-state index is 5.18. The van der Waals surface area contributed by atoms with E-state index in [9.17, 15) is 0 Å². The van der Waals surface area contributed by atoms with Crippen molar-refractivity contribution in [1.82, 2.24) is 0 Å². The zero-order valence-corrected chi connectivity index (χ0v) is 33.1. The molecule has 230 valence electrons. The van der Waals surface area contributed by atoms with Gasteiger partial charge < -0.3 is 4.43 Å². The fourth-order valence-corrected chi connectivity index (χ4v) is 5.27. The molecule has 0 heterocycles. The molecule has 0 spiro atoms. The molecule has 2 aromatic rings. The molecule has 2 aliphatic carbocycles. The molecule has 2 aromatic carbocycles. The standard InChI is InChI=1S/C16H14.2C10H15.C4H12OSi.Zr/c1-3-9-15(10-4-1)13-7-8-14-16-11-5-2-6-12-16;2*1-7-6-10(4,5)9(3)8(7)2;1-4(2)5-6-3;/h1-14H;2*1-5H3;4H,6H2,1-3H3;/q;2*-1;;+2. The zero-order chi connectivity index (χ0) is 31.9. The van der Waals surface area contributed by atoms with Gasteiger partial charge >= 0.3 is 26.2 Å². The van der Waals surface area contributed by atoms with Gasteiger partial charge in [-0.2, -0.15) is 22.3 Å². The molecule has 0 saturated heterocycles. The molecule has 2 aliphatic rings. The minimum atomic E-state index is -0.133.